The Bertz CT molecular complexity index is 467. The molecule has 0 spiro atoms. The van der Waals surface area contributed by atoms with Gasteiger partial charge in [0.1, 0.15) is 0 Å². The molecule has 0 radical (unpaired) electrons. The zero-order valence-corrected chi connectivity index (χ0v) is 15.3. The van der Waals surface area contributed by atoms with Crippen LogP contribution in [0.15, 0.2) is 0 Å². The molecule has 25 heavy (non-hydrogen) atoms. The second-order valence-electron chi connectivity index (χ2n) is 7.32. The summed E-state index contributed by atoms with van der Waals surface area (Å²) >= 11 is 0. The molecule has 0 aromatic heterocycles. The SMILES string of the molecule is COCCN1C(=O)CCC[C@H]2CN(C(=O)CN3CCOCC3)CC[C@H]21. The predicted molar refractivity (Wildman–Crippen MR) is 93.2 cm³/mol. The minimum atomic E-state index is 0.222. The number of ether oxygens (including phenoxy) is 2. The fourth-order valence-electron chi connectivity index (χ4n) is 4.32. The Morgan fingerprint density at radius 2 is 2.04 bits per heavy atom. The van der Waals surface area contributed by atoms with Gasteiger partial charge in [0.2, 0.25) is 11.8 Å². The van der Waals surface area contributed by atoms with Gasteiger partial charge in [0.15, 0.2) is 0 Å². The first-order valence-electron chi connectivity index (χ1n) is 9.55. The van der Waals surface area contributed by atoms with E-state index in [-0.39, 0.29) is 17.9 Å². The number of carbonyl (C=O) groups is 2. The standard InChI is InChI=1S/C18H31N3O4/c1-24-10-9-21-16-5-6-20(13-15(16)3-2-4-17(21)22)18(23)14-19-7-11-25-12-8-19/h15-16H,2-14H2,1H3/t15-,16+/m0/s1. The highest BCUT2D eigenvalue weighted by Gasteiger charge is 2.38. The van der Waals surface area contributed by atoms with Crippen LogP contribution in [0.4, 0.5) is 0 Å². The van der Waals surface area contributed by atoms with Crippen molar-refractivity contribution in [2.45, 2.75) is 31.7 Å². The maximum Gasteiger partial charge on any atom is 0.236 e. The highest BCUT2D eigenvalue weighted by Crippen LogP contribution is 2.30. The van der Waals surface area contributed by atoms with E-state index in [9.17, 15) is 9.59 Å². The fourth-order valence-corrected chi connectivity index (χ4v) is 4.32. The van der Waals surface area contributed by atoms with Crippen molar-refractivity contribution in [1.82, 2.24) is 14.7 Å². The van der Waals surface area contributed by atoms with Gasteiger partial charge in [0.25, 0.3) is 0 Å². The van der Waals surface area contributed by atoms with Crippen molar-refractivity contribution in [2.75, 3.05) is 66.2 Å². The lowest BCUT2D eigenvalue weighted by molar-refractivity contribution is -0.139. The molecule has 3 saturated heterocycles. The third kappa shape index (κ3) is 4.71. The number of piperidine rings is 1. The fraction of sp³-hybridized carbons (Fsp3) is 0.889. The predicted octanol–water partition coefficient (Wildman–Crippen LogP) is 0.195. The van der Waals surface area contributed by atoms with Gasteiger partial charge in [-0.25, -0.2) is 0 Å². The van der Waals surface area contributed by atoms with E-state index in [2.05, 4.69) is 4.90 Å². The van der Waals surface area contributed by atoms with Crippen LogP contribution in [0.2, 0.25) is 0 Å². The number of methoxy groups -OCH3 is 1. The van der Waals surface area contributed by atoms with Crippen LogP contribution < -0.4 is 0 Å². The third-order valence-electron chi connectivity index (χ3n) is 5.73. The Hall–Kier alpha value is -1.18. The van der Waals surface area contributed by atoms with E-state index in [1.54, 1.807) is 7.11 Å². The maximum atomic E-state index is 12.7. The molecule has 0 bridgehead atoms. The summed E-state index contributed by atoms with van der Waals surface area (Å²) < 4.78 is 10.5. The average molecular weight is 353 g/mol. The normalized spacial score (nSPS) is 28.6. The van der Waals surface area contributed by atoms with Crippen molar-refractivity contribution in [3.63, 3.8) is 0 Å². The van der Waals surface area contributed by atoms with Crippen molar-refractivity contribution in [3.05, 3.63) is 0 Å². The summed E-state index contributed by atoms with van der Waals surface area (Å²) in [4.78, 5) is 31.3. The number of amides is 2. The summed E-state index contributed by atoms with van der Waals surface area (Å²) in [5.41, 5.74) is 0. The minimum absolute atomic E-state index is 0.222. The molecule has 3 aliphatic rings. The number of fused-ring (bicyclic) bond motifs is 1. The zero-order valence-electron chi connectivity index (χ0n) is 15.3. The smallest absolute Gasteiger partial charge is 0.236 e. The van der Waals surface area contributed by atoms with Crippen molar-refractivity contribution in [2.24, 2.45) is 5.92 Å². The summed E-state index contributed by atoms with van der Waals surface area (Å²) in [6.07, 6.45) is 3.46. The minimum Gasteiger partial charge on any atom is -0.383 e. The molecule has 0 aromatic rings. The Morgan fingerprint density at radius 1 is 1.24 bits per heavy atom. The monoisotopic (exact) mass is 353 g/mol. The molecule has 2 amide bonds. The molecule has 3 fully saturated rings. The van der Waals surface area contributed by atoms with Crippen LogP contribution >= 0.6 is 0 Å². The van der Waals surface area contributed by atoms with Gasteiger partial charge >= 0.3 is 0 Å². The quantitative estimate of drug-likeness (QED) is 0.706. The van der Waals surface area contributed by atoms with Gasteiger partial charge in [-0.05, 0) is 25.2 Å². The van der Waals surface area contributed by atoms with Crippen molar-refractivity contribution < 1.29 is 19.1 Å². The Kier molecular flexibility index (Phi) is 6.67. The molecule has 2 atom stereocenters. The highest BCUT2D eigenvalue weighted by atomic mass is 16.5. The van der Waals surface area contributed by atoms with Gasteiger partial charge in [0, 0.05) is 52.3 Å². The highest BCUT2D eigenvalue weighted by molar-refractivity contribution is 5.79. The molecule has 0 aromatic carbocycles. The lowest BCUT2D eigenvalue weighted by Gasteiger charge is -2.43. The van der Waals surface area contributed by atoms with Crippen molar-refractivity contribution in [3.8, 4) is 0 Å². The van der Waals surface area contributed by atoms with Gasteiger partial charge in [-0.1, -0.05) is 0 Å². The number of morpholine rings is 1. The first kappa shape index (κ1) is 18.6. The van der Waals surface area contributed by atoms with Crippen LogP contribution in [0.25, 0.3) is 0 Å². The Labute approximate surface area is 150 Å². The van der Waals surface area contributed by atoms with E-state index in [1.807, 2.05) is 9.80 Å². The van der Waals surface area contributed by atoms with E-state index in [4.69, 9.17) is 9.47 Å². The summed E-state index contributed by atoms with van der Waals surface area (Å²) in [6, 6.07) is 0.262. The first-order chi connectivity index (χ1) is 12.2. The van der Waals surface area contributed by atoms with E-state index in [1.165, 1.54) is 0 Å². The lowest BCUT2D eigenvalue weighted by atomic mass is 9.88. The van der Waals surface area contributed by atoms with E-state index >= 15 is 0 Å². The van der Waals surface area contributed by atoms with E-state index < -0.39 is 0 Å². The van der Waals surface area contributed by atoms with Gasteiger partial charge in [-0.2, -0.15) is 0 Å². The van der Waals surface area contributed by atoms with Crippen LogP contribution in [0.3, 0.4) is 0 Å². The average Bonchev–Trinajstić information content (AvgIpc) is 2.78. The number of carbonyl (C=O) groups excluding carboxylic acids is 2. The molecular formula is C18H31N3O4. The van der Waals surface area contributed by atoms with Gasteiger partial charge in [0.05, 0.1) is 26.4 Å². The van der Waals surface area contributed by atoms with Crippen LogP contribution in [0.1, 0.15) is 25.7 Å². The molecule has 0 N–H and O–H groups in total. The van der Waals surface area contributed by atoms with Gasteiger partial charge in [-0.15, -0.1) is 0 Å². The van der Waals surface area contributed by atoms with Crippen LogP contribution in [0, 0.1) is 5.92 Å². The number of likely N-dealkylation sites (tertiary alicyclic amines) is 2. The van der Waals surface area contributed by atoms with Gasteiger partial charge < -0.3 is 19.3 Å². The largest absolute Gasteiger partial charge is 0.383 e. The summed E-state index contributed by atoms with van der Waals surface area (Å²) in [6.45, 7) is 6.38. The molecule has 7 nitrogen and oxygen atoms in total. The molecule has 3 aliphatic heterocycles. The summed E-state index contributed by atoms with van der Waals surface area (Å²) in [5.74, 6) is 0.864. The Balaban J connectivity index is 1.57. The second-order valence-corrected chi connectivity index (χ2v) is 7.32. The number of hydrogen-bond donors (Lipinski definition) is 0. The topological polar surface area (TPSA) is 62.3 Å². The van der Waals surface area contributed by atoms with E-state index in [0.717, 1.165) is 45.4 Å². The molecular weight excluding hydrogens is 322 g/mol. The molecule has 0 saturated carbocycles. The van der Waals surface area contributed by atoms with Crippen LogP contribution in [-0.4, -0.2) is 98.8 Å². The molecule has 3 heterocycles. The lowest BCUT2D eigenvalue weighted by Crippen LogP contribution is -2.55. The Morgan fingerprint density at radius 3 is 2.80 bits per heavy atom. The molecule has 3 rings (SSSR count). The van der Waals surface area contributed by atoms with Crippen molar-refractivity contribution in [1.29, 1.82) is 0 Å². The summed E-state index contributed by atoms with van der Waals surface area (Å²) in [7, 11) is 1.67. The number of nitrogens with zero attached hydrogens (tertiary/aromatic N) is 3. The zero-order chi connectivity index (χ0) is 17.6. The number of rotatable bonds is 5. The van der Waals surface area contributed by atoms with E-state index in [0.29, 0.717) is 45.2 Å². The van der Waals surface area contributed by atoms with Gasteiger partial charge in [-0.3, -0.25) is 14.5 Å². The molecule has 7 heteroatoms. The maximum absolute atomic E-state index is 12.7. The second kappa shape index (κ2) is 8.96. The molecule has 0 aliphatic carbocycles. The summed E-state index contributed by atoms with van der Waals surface area (Å²) in [5, 5.41) is 0. The first-order valence-corrected chi connectivity index (χ1v) is 9.55. The third-order valence-corrected chi connectivity index (χ3v) is 5.73. The molecule has 142 valence electrons. The molecule has 0 unspecified atom stereocenters. The van der Waals surface area contributed by atoms with Crippen LogP contribution in [0.5, 0.6) is 0 Å². The number of hydrogen-bond acceptors (Lipinski definition) is 5. The van der Waals surface area contributed by atoms with Crippen LogP contribution in [-0.2, 0) is 19.1 Å². The van der Waals surface area contributed by atoms with Crippen molar-refractivity contribution >= 4 is 11.8 Å².